The van der Waals surface area contributed by atoms with E-state index in [0.717, 1.165) is 11.1 Å². The van der Waals surface area contributed by atoms with Crippen LogP contribution in [0.4, 0.5) is 0 Å². The first-order valence-corrected chi connectivity index (χ1v) is 6.37. The molecule has 0 aliphatic carbocycles. The zero-order valence-corrected chi connectivity index (χ0v) is 12.6. The summed E-state index contributed by atoms with van der Waals surface area (Å²) in [4.78, 5) is 4.03. The quantitative estimate of drug-likeness (QED) is 0.746. The third kappa shape index (κ3) is 3.12. The Hall–Kier alpha value is -1.31. The molecule has 1 aromatic carbocycles. The highest BCUT2D eigenvalue weighted by Crippen LogP contribution is 2.36. The van der Waals surface area contributed by atoms with Gasteiger partial charge in [-0.1, -0.05) is 47.6 Å². The molecule has 0 bridgehead atoms. The number of hydrogen-bond acceptors (Lipinski definition) is 2. The van der Waals surface area contributed by atoms with Crippen molar-refractivity contribution in [1.82, 2.24) is 0 Å². The number of rotatable bonds is 1. The highest BCUT2D eigenvalue weighted by atomic mass is 16.3. The first-order chi connectivity index (χ1) is 8.07. The Morgan fingerprint density at radius 1 is 1.00 bits per heavy atom. The zero-order valence-electron chi connectivity index (χ0n) is 12.6. The normalized spacial score (nSPS) is 13.3. The Morgan fingerprint density at radius 2 is 1.56 bits per heavy atom. The Balaban J connectivity index is 3.57. The Bertz CT molecular complexity index is 459. The summed E-state index contributed by atoms with van der Waals surface area (Å²) in [7, 11) is 1.72. The number of hydrogen-bond donors (Lipinski definition) is 1. The molecule has 1 N–H and O–H groups in total. The molecule has 0 fully saturated rings. The van der Waals surface area contributed by atoms with Gasteiger partial charge in [-0.2, -0.15) is 0 Å². The van der Waals surface area contributed by atoms with Gasteiger partial charge in [-0.25, -0.2) is 0 Å². The fourth-order valence-corrected chi connectivity index (χ4v) is 1.90. The molecular formula is C16H25NO. The SMILES string of the molecule is C/N=C/c1cc(C(C)(C)C)cc(C(C)(C)C)c1O. The third-order valence-electron chi connectivity index (χ3n) is 3.08. The van der Waals surface area contributed by atoms with Gasteiger partial charge < -0.3 is 5.11 Å². The first kappa shape index (κ1) is 14.7. The molecule has 1 aromatic rings. The van der Waals surface area contributed by atoms with E-state index >= 15 is 0 Å². The minimum Gasteiger partial charge on any atom is -0.507 e. The standard InChI is InChI=1S/C16H25NO/c1-15(2,3)12-8-11(10-17-7)14(18)13(9-12)16(4,5)6/h8-10,18H,1-7H3/b17-10+. The first-order valence-electron chi connectivity index (χ1n) is 6.37. The molecule has 18 heavy (non-hydrogen) atoms. The van der Waals surface area contributed by atoms with Crippen molar-refractivity contribution < 1.29 is 5.11 Å². The van der Waals surface area contributed by atoms with Gasteiger partial charge in [-0.15, -0.1) is 0 Å². The van der Waals surface area contributed by atoms with Crippen LogP contribution >= 0.6 is 0 Å². The Kier molecular flexibility index (Phi) is 3.89. The fraction of sp³-hybridized carbons (Fsp3) is 0.562. The van der Waals surface area contributed by atoms with E-state index in [9.17, 15) is 5.11 Å². The molecule has 0 heterocycles. The van der Waals surface area contributed by atoms with Crippen LogP contribution in [0.15, 0.2) is 17.1 Å². The van der Waals surface area contributed by atoms with Gasteiger partial charge in [-0.3, -0.25) is 4.99 Å². The van der Waals surface area contributed by atoms with Crippen molar-refractivity contribution >= 4 is 6.21 Å². The second-order valence-electron chi connectivity index (χ2n) is 6.85. The highest BCUT2D eigenvalue weighted by molar-refractivity contribution is 5.84. The smallest absolute Gasteiger partial charge is 0.128 e. The van der Waals surface area contributed by atoms with E-state index in [1.807, 2.05) is 6.07 Å². The topological polar surface area (TPSA) is 32.6 Å². The van der Waals surface area contributed by atoms with Crippen LogP contribution in [0, 0.1) is 0 Å². The molecule has 0 unspecified atom stereocenters. The van der Waals surface area contributed by atoms with Gasteiger partial charge in [0.1, 0.15) is 5.75 Å². The number of aromatic hydroxyl groups is 1. The molecule has 0 radical (unpaired) electrons. The van der Waals surface area contributed by atoms with Crippen molar-refractivity contribution in [1.29, 1.82) is 0 Å². The molecule has 2 nitrogen and oxygen atoms in total. The molecule has 0 aliphatic heterocycles. The molecule has 0 atom stereocenters. The molecule has 0 saturated heterocycles. The summed E-state index contributed by atoms with van der Waals surface area (Å²) in [6.45, 7) is 12.9. The summed E-state index contributed by atoms with van der Waals surface area (Å²) < 4.78 is 0. The molecule has 1 rings (SSSR count). The maximum Gasteiger partial charge on any atom is 0.128 e. The van der Waals surface area contributed by atoms with Crippen molar-refractivity contribution in [3.63, 3.8) is 0 Å². The molecular weight excluding hydrogens is 222 g/mol. The van der Waals surface area contributed by atoms with E-state index in [2.05, 4.69) is 52.6 Å². The predicted molar refractivity (Wildman–Crippen MR) is 79.0 cm³/mol. The molecule has 0 amide bonds. The lowest BCUT2D eigenvalue weighted by atomic mass is 9.79. The average Bonchev–Trinajstić information content (AvgIpc) is 2.17. The van der Waals surface area contributed by atoms with Gasteiger partial charge >= 0.3 is 0 Å². The second-order valence-corrected chi connectivity index (χ2v) is 6.85. The number of benzene rings is 1. The predicted octanol–water partition coefficient (Wildman–Crippen LogP) is 4.04. The van der Waals surface area contributed by atoms with Crippen molar-refractivity contribution in [2.24, 2.45) is 4.99 Å². The van der Waals surface area contributed by atoms with Gasteiger partial charge in [0.15, 0.2) is 0 Å². The molecule has 0 aliphatic rings. The minimum atomic E-state index is -0.0817. The van der Waals surface area contributed by atoms with E-state index in [-0.39, 0.29) is 10.8 Å². The number of phenolic OH excluding ortho intramolecular Hbond substituents is 1. The van der Waals surface area contributed by atoms with Gasteiger partial charge in [0.05, 0.1) is 0 Å². The van der Waals surface area contributed by atoms with Crippen LogP contribution in [0.25, 0.3) is 0 Å². The summed E-state index contributed by atoms with van der Waals surface area (Å²) in [5.74, 6) is 0.348. The largest absolute Gasteiger partial charge is 0.507 e. The fourth-order valence-electron chi connectivity index (χ4n) is 1.90. The van der Waals surface area contributed by atoms with Crippen molar-refractivity contribution in [2.75, 3.05) is 7.05 Å². The van der Waals surface area contributed by atoms with Crippen LogP contribution in [0.1, 0.15) is 58.2 Å². The van der Waals surface area contributed by atoms with Crippen LogP contribution < -0.4 is 0 Å². The highest BCUT2D eigenvalue weighted by Gasteiger charge is 2.24. The third-order valence-corrected chi connectivity index (χ3v) is 3.08. The van der Waals surface area contributed by atoms with E-state index in [0.29, 0.717) is 5.75 Å². The minimum absolute atomic E-state index is 0.0596. The van der Waals surface area contributed by atoms with Gasteiger partial charge in [0, 0.05) is 24.4 Å². The van der Waals surface area contributed by atoms with E-state index in [4.69, 9.17) is 0 Å². The van der Waals surface area contributed by atoms with Crippen LogP contribution in [0.2, 0.25) is 0 Å². The van der Waals surface area contributed by atoms with Gasteiger partial charge in [0.2, 0.25) is 0 Å². The Morgan fingerprint density at radius 3 is 1.94 bits per heavy atom. The number of nitrogens with zero attached hydrogens (tertiary/aromatic N) is 1. The van der Waals surface area contributed by atoms with Crippen molar-refractivity contribution in [3.05, 3.63) is 28.8 Å². The molecule has 0 saturated carbocycles. The summed E-state index contributed by atoms with van der Waals surface area (Å²) in [6.07, 6.45) is 1.72. The summed E-state index contributed by atoms with van der Waals surface area (Å²) >= 11 is 0. The molecule has 0 aromatic heterocycles. The van der Waals surface area contributed by atoms with Crippen LogP contribution in [-0.4, -0.2) is 18.4 Å². The van der Waals surface area contributed by atoms with Crippen LogP contribution in [0.5, 0.6) is 5.75 Å². The maximum atomic E-state index is 10.4. The molecule has 100 valence electrons. The average molecular weight is 247 g/mol. The zero-order chi connectivity index (χ0) is 14.1. The van der Waals surface area contributed by atoms with Crippen molar-refractivity contribution in [3.8, 4) is 5.75 Å². The van der Waals surface area contributed by atoms with E-state index in [1.165, 1.54) is 5.56 Å². The van der Waals surface area contributed by atoms with Crippen molar-refractivity contribution in [2.45, 2.75) is 52.4 Å². The summed E-state index contributed by atoms with van der Waals surface area (Å²) in [6, 6.07) is 4.14. The van der Waals surface area contributed by atoms with E-state index < -0.39 is 0 Å². The summed E-state index contributed by atoms with van der Waals surface area (Å²) in [5, 5.41) is 10.4. The monoisotopic (exact) mass is 247 g/mol. The van der Waals surface area contributed by atoms with Gasteiger partial charge in [-0.05, 0) is 22.5 Å². The lowest BCUT2D eigenvalue weighted by Crippen LogP contribution is -2.17. The summed E-state index contributed by atoms with van der Waals surface area (Å²) in [5.41, 5.74) is 2.98. The maximum absolute atomic E-state index is 10.4. The van der Waals surface area contributed by atoms with Crippen LogP contribution in [-0.2, 0) is 10.8 Å². The Labute approximate surface area is 111 Å². The molecule has 2 heteroatoms. The lowest BCUT2D eigenvalue weighted by molar-refractivity contribution is 0.444. The van der Waals surface area contributed by atoms with E-state index in [1.54, 1.807) is 13.3 Å². The lowest BCUT2D eigenvalue weighted by Gasteiger charge is -2.26. The molecule has 0 spiro atoms. The van der Waals surface area contributed by atoms with Crippen LogP contribution in [0.3, 0.4) is 0 Å². The second kappa shape index (κ2) is 4.75. The van der Waals surface area contributed by atoms with Gasteiger partial charge in [0.25, 0.3) is 0 Å². The number of phenols is 1. The number of aliphatic imine (C=N–C) groups is 1.